The smallest absolute Gasteiger partial charge is 0.245 e. The van der Waals surface area contributed by atoms with Crippen molar-refractivity contribution in [1.82, 2.24) is 9.80 Å². The van der Waals surface area contributed by atoms with Crippen LogP contribution in [0.1, 0.15) is 27.2 Å². The average Bonchev–Trinajstić information content (AvgIpc) is 3.17. The molecule has 2 saturated heterocycles. The van der Waals surface area contributed by atoms with Crippen molar-refractivity contribution in [2.45, 2.75) is 51.7 Å². The zero-order valence-electron chi connectivity index (χ0n) is 13.3. The summed E-state index contributed by atoms with van der Waals surface area (Å²) in [5.41, 5.74) is 0. The number of rotatable bonds is 4. The number of carbonyl (C=O) groups excluding carboxylic acids is 2. The fraction of sp³-hybridized carbons (Fsp3) is 0.875. The summed E-state index contributed by atoms with van der Waals surface area (Å²) < 4.78 is 6.03. The largest absolute Gasteiger partial charge is 0.390 e. The highest BCUT2D eigenvalue weighted by molar-refractivity contribution is 5.90. The van der Waals surface area contributed by atoms with E-state index in [2.05, 4.69) is 0 Å². The van der Waals surface area contributed by atoms with Crippen molar-refractivity contribution in [3.63, 3.8) is 0 Å². The van der Waals surface area contributed by atoms with Crippen LogP contribution in [-0.2, 0) is 14.3 Å². The molecule has 6 heteroatoms. The normalized spacial score (nSPS) is 45.7. The fourth-order valence-electron chi connectivity index (χ4n) is 5.42. The van der Waals surface area contributed by atoms with Crippen LogP contribution in [0.3, 0.4) is 0 Å². The molecule has 4 rings (SSSR count). The fourth-order valence-corrected chi connectivity index (χ4v) is 5.42. The number of nitrogens with zero attached hydrogens (tertiary/aromatic N) is 2. The molecule has 0 aromatic carbocycles. The van der Waals surface area contributed by atoms with Gasteiger partial charge in [-0.2, -0.15) is 0 Å². The van der Waals surface area contributed by atoms with Crippen molar-refractivity contribution in [2.24, 2.45) is 23.7 Å². The molecule has 0 radical (unpaired) electrons. The molecule has 0 aromatic rings. The minimum absolute atomic E-state index is 0.00714. The molecule has 8 atom stereocenters. The third-order valence-electron chi connectivity index (χ3n) is 6.40. The van der Waals surface area contributed by atoms with E-state index in [-0.39, 0.29) is 41.9 Å². The van der Waals surface area contributed by atoms with Crippen LogP contribution in [-0.4, -0.2) is 64.3 Å². The van der Waals surface area contributed by atoms with Gasteiger partial charge in [-0.3, -0.25) is 9.59 Å². The molecule has 6 nitrogen and oxygen atoms in total. The Morgan fingerprint density at radius 3 is 2.73 bits per heavy atom. The SMILES string of the molecule is CCN(CC)C(=O)C(C)N1C(=O)C2C3CC4C(OC1C42)C3O. The van der Waals surface area contributed by atoms with Gasteiger partial charge in [-0.05, 0) is 39.0 Å². The van der Waals surface area contributed by atoms with Gasteiger partial charge < -0.3 is 19.6 Å². The number of likely N-dealkylation sites (tertiary alicyclic amines) is 1. The zero-order valence-corrected chi connectivity index (χ0v) is 13.3. The molecule has 2 amide bonds. The summed E-state index contributed by atoms with van der Waals surface area (Å²) in [5.74, 6) is 0.346. The predicted octanol–water partition coefficient (Wildman–Crippen LogP) is 0.0534. The molecule has 2 aliphatic heterocycles. The molecule has 4 aliphatic rings. The minimum atomic E-state index is -0.504. The number of hydrogen-bond donors (Lipinski definition) is 1. The highest BCUT2D eigenvalue weighted by Gasteiger charge is 2.73. The Bertz CT molecular complexity index is 520. The quantitative estimate of drug-likeness (QED) is 0.797. The van der Waals surface area contributed by atoms with E-state index in [1.807, 2.05) is 13.8 Å². The molecule has 4 fully saturated rings. The Morgan fingerprint density at radius 2 is 2.09 bits per heavy atom. The Labute approximate surface area is 130 Å². The molecule has 2 aliphatic carbocycles. The van der Waals surface area contributed by atoms with E-state index in [4.69, 9.17) is 4.74 Å². The molecule has 1 N–H and O–H groups in total. The van der Waals surface area contributed by atoms with Crippen molar-refractivity contribution < 1.29 is 19.4 Å². The van der Waals surface area contributed by atoms with Crippen molar-refractivity contribution in [2.75, 3.05) is 13.1 Å². The number of ether oxygens (including phenoxy) is 1. The Balaban J connectivity index is 1.61. The van der Waals surface area contributed by atoms with Crippen molar-refractivity contribution in [3.05, 3.63) is 0 Å². The lowest BCUT2D eigenvalue weighted by Crippen LogP contribution is -2.53. The van der Waals surface area contributed by atoms with E-state index < -0.39 is 12.1 Å². The summed E-state index contributed by atoms with van der Waals surface area (Å²) in [6.45, 7) is 6.99. The summed E-state index contributed by atoms with van der Waals surface area (Å²) in [4.78, 5) is 28.9. The lowest BCUT2D eigenvalue weighted by molar-refractivity contribution is -0.162. The standard InChI is InChI=1S/C16H24N2O4/c1-4-17(5-2)14(20)7(3)18-15(21)10-8-6-9-11(10)16(18)22-13(9)12(8)19/h7-13,16,19H,4-6H2,1-3H3. The van der Waals surface area contributed by atoms with Gasteiger partial charge in [0.25, 0.3) is 0 Å². The minimum Gasteiger partial charge on any atom is -0.390 e. The molecule has 2 saturated carbocycles. The maximum Gasteiger partial charge on any atom is 0.245 e. The third-order valence-corrected chi connectivity index (χ3v) is 6.40. The second-order valence-electron chi connectivity index (χ2n) is 7.08. The van der Waals surface area contributed by atoms with Crippen LogP contribution in [0.5, 0.6) is 0 Å². The monoisotopic (exact) mass is 308 g/mol. The van der Waals surface area contributed by atoms with Crippen LogP contribution < -0.4 is 0 Å². The van der Waals surface area contributed by atoms with Gasteiger partial charge in [0.15, 0.2) is 0 Å². The van der Waals surface area contributed by atoms with Gasteiger partial charge in [0.05, 0.1) is 18.1 Å². The molecule has 2 heterocycles. The van der Waals surface area contributed by atoms with Crippen molar-refractivity contribution in [1.29, 1.82) is 0 Å². The topological polar surface area (TPSA) is 70.1 Å². The second-order valence-corrected chi connectivity index (χ2v) is 7.08. The number of hydrogen-bond acceptors (Lipinski definition) is 4. The van der Waals surface area contributed by atoms with Crippen molar-refractivity contribution >= 4 is 11.8 Å². The molecule has 8 unspecified atom stereocenters. The summed E-state index contributed by atoms with van der Waals surface area (Å²) >= 11 is 0. The number of aliphatic hydroxyl groups excluding tert-OH is 1. The van der Waals surface area contributed by atoms with Crippen LogP contribution in [0.2, 0.25) is 0 Å². The predicted molar refractivity (Wildman–Crippen MR) is 77.5 cm³/mol. The van der Waals surface area contributed by atoms with E-state index >= 15 is 0 Å². The maximum atomic E-state index is 12.9. The summed E-state index contributed by atoms with van der Waals surface area (Å²) in [7, 11) is 0. The lowest BCUT2D eigenvalue weighted by atomic mass is 9.80. The van der Waals surface area contributed by atoms with E-state index in [1.165, 1.54) is 0 Å². The highest BCUT2D eigenvalue weighted by atomic mass is 16.5. The first-order valence-corrected chi connectivity index (χ1v) is 8.45. The molecule has 22 heavy (non-hydrogen) atoms. The first-order chi connectivity index (χ1) is 10.5. The number of likely N-dealkylation sites (N-methyl/N-ethyl adjacent to an activating group) is 1. The summed E-state index contributed by atoms with van der Waals surface area (Å²) in [6, 6.07) is -0.488. The summed E-state index contributed by atoms with van der Waals surface area (Å²) in [5, 5.41) is 10.3. The van der Waals surface area contributed by atoms with E-state index in [9.17, 15) is 14.7 Å². The number of carbonyl (C=O) groups is 2. The molecule has 122 valence electrons. The molecule has 0 spiro atoms. The van der Waals surface area contributed by atoms with E-state index in [0.717, 1.165) is 6.42 Å². The van der Waals surface area contributed by atoms with Crippen LogP contribution in [0.15, 0.2) is 0 Å². The van der Waals surface area contributed by atoms with E-state index in [0.29, 0.717) is 19.0 Å². The second kappa shape index (κ2) is 4.68. The van der Waals surface area contributed by atoms with Gasteiger partial charge in [-0.25, -0.2) is 0 Å². The van der Waals surface area contributed by atoms with Gasteiger partial charge in [-0.1, -0.05) is 0 Å². The van der Waals surface area contributed by atoms with Gasteiger partial charge in [0, 0.05) is 19.0 Å². The molecular formula is C16H24N2O4. The van der Waals surface area contributed by atoms with Crippen LogP contribution in [0.25, 0.3) is 0 Å². The Morgan fingerprint density at radius 1 is 1.41 bits per heavy atom. The molecular weight excluding hydrogens is 284 g/mol. The third kappa shape index (κ3) is 1.52. The number of amides is 2. The molecule has 2 bridgehead atoms. The first-order valence-electron chi connectivity index (χ1n) is 8.45. The Kier molecular flexibility index (Phi) is 3.07. The number of aliphatic hydroxyl groups is 1. The average molecular weight is 308 g/mol. The first kappa shape index (κ1) is 14.5. The van der Waals surface area contributed by atoms with Crippen LogP contribution >= 0.6 is 0 Å². The van der Waals surface area contributed by atoms with Crippen molar-refractivity contribution in [3.8, 4) is 0 Å². The number of fused-ring (bicyclic) bond motifs is 2. The van der Waals surface area contributed by atoms with Gasteiger partial charge in [0.1, 0.15) is 12.3 Å². The van der Waals surface area contributed by atoms with Gasteiger partial charge in [0.2, 0.25) is 11.8 Å². The maximum absolute atomic E-state index is 12.9. The van der Waals surface area contributed by atoms with Crippen LogP contribution in [0.4, 0.5) is 0 Å². The van der Waals surface area contributed by atoms with E-state index in [1.54, 1.807) is 16.7 Å². The lowest BCUT2D eigenvalue weighted by Gasteiger charge is -2.35. The summed E-state index contributed by atoms with van der Waals surface area (Å²) in [6.07, 6.45) is -0.0572. The van der Waals surface area contributed by atoms with Gasteiger partial charge >= 0.3 is 0 Å². The molecule has 0 aromatic heterocycles. The van der Waals surface area contributed by atoms with Crippen LogP contribution in [0, 0.1) is 23.7 Å². The zero-order chi connectivity index (χ0) is 15.8. The highest BCUT2D eigenvalue weighted by Crippen LogP contribution is 2.63. The van der Waals surface area contributed by atoms with Gasteiger partial charge in [-0.15, -0.1) is 0 Å². The Hall–Kier alpha value is -1.14.